The van der Waals surface area contributed by atoms with E-state index in [1.54, 1.807) is 74.1 Å². The second-order valence-corrected chi connectivity index (χ2v) is 8.04. The second kappa shape index (κ2) is 9.97. The minimum atomic E-state index is -0.828. The SMILES string of the molecule is CCOc1ccc(Cl)c(/C(O)=C2\C(=O)C(=O)N(Cc3ccncc3)C2c2ccc(OC)cc2)c1. The molecule has 1 atom stereocenters. The van der Waals surface area contributed by atoms with E-state index in [4.69, 9.17) is 21.1 Å². The largest absolute Gasteiger partial charge is 0.507 e. The first-order chi connectivity index (χ1) is 16.4. The number of benzene rings is 2. The summed E-state index contributed by atoms with van der Waals surface area (Å²) in [6.45, 7) is 2.42. The normalized spacial score (nSPS) is 17.1. The highest BCUT2D eigenvalue weighted by molar-refractivity contribution is 6.47. The van der Waals surface area contributed by atoms with Gasteiger partial charge in [0.1, 0.15) is 17.3 Å². The van der Waals surface area contributed by atoms with Crippen LogP contribution in [-0.4, -0.2) is 40.4 Å². The summed E-state index contributed by atoms with van der Waals surface area (Å²) >= 11 is 6.37. The van der Waals surface area contributed by atoms with E-state index in [2.05, 4.69) is 4.98 Å². The Morgan fingerprint density at radius 2 is 1.74 bits per heavy atom. The lowest BCUT2D eigenvalue weighted by molar-refractivity contribution is -0.140. The average molecular weight is 479 g/mol. The Kier molecular flexibility index (Phi) is 6.84. The van der Waals surface area contributed by atoms with Crippen molar-refractivity contribution < 1.29 is 24.2 Å². The van der Waals surface area contributed by atoms with E-state index in [1.807, 2.05) is 6.92 Å². The molecule has 7 nitrogen and oxygen atoms in total. The van der Waals surface area contributed by atoms with Crippen molar-refractivity contribution in [1.29, 1.82) is 0 Å². The number of methoxy groups -OCH3 is 1. The van der Waals surface area contributed by atoms with E-state index in [1.165, 1.54) is 4.90 Å². The van der Waals surface area contributed by atoms with Crippen molar-refractivity contribution in [2.75, 3.05) is 13.7 Å². The monoisotopic (exact) mass is 478 g/mol. The lowest BCUT2D eigenvalue weighted by atomic mass is 9.95. The molecule has 0 aliphatic carbocycles. The minimum absolute atomic E-state index is 0.0419. The molecule has 1 saturated heterocycles. The summed E-state index contributed by atoms with van der Waals surface area (Å²) in [5.74, 6) is -0.743. The zero-order valence-electron chi connectivity index (χ0n) is 18.7. The van der Waals surface area contributed by atoms with Gasteiger partial charge in [0.25, 0.3) is 11.7 Å². The van der Waals surface area contributed by atoms with Crippen molar-refractivity contribution in [3.63, 3.8) is 0 Å². The third kappa shape index (κ3) is 4.47. The van der Waals surface area contributed by atoms with Gasteiger partial charge >= 0.3 is 0 Å². The summed E-state index contributed by atoms with van der Waals surface area (Å²) in [5, 5.41) is 11.5. The number of ether oxygens (including phenoxy) is 2. The predicted octanol–water partition coefficient (Wildman–Crippen LogP) is 4.76. The lowest BCUT2D eigenvalue weighted by Gasteiger charge is -2.25. The Balaban J connectivity index is 1.87. The standard InChI is InChI=1S/C26H23ClN2O5/c1-3-34-19-8-9-21(27)20(14-19)24(30)22-23(17-4-6-18(33-2)7-5-17)29(26(32)25(22)31)15-16-10-12-28-13-11-16/h4-14,23,30H,3,15H2,1-2H3/b24-22+. The fourth-order valence-corrected chi connectivity index (χ4v) is 4.16. The number of aliphatic hydroxyl groups excluding tert-OH is 1. The third-order valence-corrected chi connectivity index (χ3v) is 5.91. The van der Waals surface area contributed by atoms with Crippen molar-refractivity contribution in [2.45, 2.75) is 19.5 Å². The van der Waals surface area contributed by atoms with Crippen molar-refractivity contribution in [3.05, 3.63) is 94.3 Å². The van der Waals surface area contributed by atoms with Crippen molar-refractivity contribution in [1.82, 2.24) is 9.88 Å². The number of hydrogen-bond donors (Lipinski definition) is 1. The Morgan fingerprint density at radius 1 is 1.06 bits per heavy atom. The van der Waals surface area contributed by atoms with E-state index in [0.29, 0.717) is 23.7 Å². The Bertz CT molecular complexity index is 1240. The summed E-state index contributed by atoms with van der Waals surface area (Å²) in [7, 11) is 1.55. The molecule has 34 heavy (non-hydrogen) atoms. The van der Waals surface area contributed by atoms with Gasteiger partial charge in [0.2, 0.25) is 0 Å². The number of nitrogens with zero attached hydrogens (tertiary/aromatic N) is 2. The molecule has 1 aliphatic heterocycles. The van der Waals surface area contributed by atoms with Gasteiger partial charge in [-0.05, 0) is 60.5 Å². The van der Waals surface area contributed by atoms with Crippen LogP contribution in [0.4, 0.5) is 0 Å². The number of carbonyl (C=O) groups is 2. The average Bonchev–Trinajstić information content (AvgIpc) is 3.10. The highest BCUT2D eigenvalue weighted by Crippen LogP contribution is 2.42. The first-order valence-corrected chi connectivity index (χ1v) is 11.1. The van der Waals surface area contributed by atoms with Gasteiger partial charge in [-0.2, -0.15) is 0 Å². The van der Waals surface area contributed by atoms with Gasteiger partial charge in [-0.1, -0.05) is 23.7 Å². The van der Waals surface area contributed by atoms with E-state index in [9.17, 15) is 14.7 Å². The number of halogens is 1. The molecule has 1 aliphatic rings. The second-order valence-electron chi connectivity index (χ2n) is 7.63. The van der Waals surface area contributed by atoms with Gasteiger partial charge in [0.15, 0.2) is 0 Å². The Labute approximate surface area is 202 Å². The molecule has 1 fully saturated rings. The van der Waals surface area contributed by atoms with Gasteiger partial charge in [-0.3, -0.25) is 14.6 Å². The first kappa shape index (κ1) is 23.3. The Hall–Kier alpha value is -3.84. The Morgan fingerprint density at radius 3 is 2.38 bits per heavy atom. The van der Waals surface area contributed by atoms with Crippen LogP contribution < -0.4 is 9.47 Å². The highest BCUT2D eigenvalue weighted by atomic mass is 35.5. The number of aliphatic hydroxyl groups is 1. The van der Waals surface area contributed by atoms with Gasteiger partial charge in [-0.15, -0.1) is 0 Å². The fraction of sp³-hybridized carbons (Fsp3) is 0.192. The number of pyridine rings is 1. The van der Waals surface area contributed by atoms with Crippen LogP contribution in [0.3, 0.4) is 0 Å². The number of aromatic nitrogens is 1. The van der Waals surface area contributed by atoms with Gasteiger partial charge in [0.05, 0.1) is 30.4 Å². The molecule has 1 amide bonds. The van der Waals surface area contributed by atoms with Crippen LogP contribution in [-0.2, 0) is 16.1 Å². The van der Waals surface area contributed by atoms with Crippen LogP contribution in [0.5, 0.6) is 11.5 Å². The first-order valence-electron chi connectivity index (χ1n) is 10.7. The number of Topliss-reactive ketones (excluding diaryl/α,β-unsaturated/α-hetero) is 1. The maximum Gasteiger partial charge on any atom is 0.295 e. The zero-order valence-corrected chi connectivity index (χ0v) is 19.5. The molecule has 0 spiro atoms. The molecular weight excluding hydrogens is 456 g/mol. The molecule has 8 heteroatoms. The van der Waals surface area contributed by atoms with Gasteiger partial charge < -0.3 is 19.5 Å². The molecule has 0 radical (unpaired) electrons. The van der Waals surface area contributed by atoms with Crippen molar-refractivity contribution in [2.24, 2.45) is 0 Å². The van der Waals surface area contributed by atoms with Crippen LogP contribution >= 0.6 is 11.6 Å². The number of carbonyl (C=O) groups excluding carboxylic acids is 2. The van der Waals surface area contributed by atoms with Gasteiger partial charge in [0, 0.05) is 24.5 Å². The topological polar surface area (TPSA) is 89.0 Å². The summed E-state index contributed by atoms with van der Waals surface area (Å²) in [4.78, 5) is 31.8. The number of hydrogen-bond acceptors (Lipinski definition) is 6. The number of rotatable bonds is 7. The molecule has 3 aromatic rings. The van der Waals surface area contributed by atoms with Crippen LogP contribution in [0, 0.1) is 0 Å². The maximum absolute atomic E-state index is 13.2. The third-order valence-electron chi connectivity index (χ3n) is 5.58. The van der Waals surface area contributed by atoms with E-state index >= 15 is 0 Å². The molecule has 1 N–H and O–H groups in total. The summed E-state index contributed by atoms with van der Waals surface area (Å²) in [6.07, 6.45) is 3.24. The van der Waals surface area contributed by atoms with Crippen molar-refractivity contribution >= 4 is 29.1 Å². The zero-order chi connectivity index (χ0) is 24.2. The smallest absolute Gasteiger partial charge is 0.295 e. The lowest BCUT2D eigenvalue weighted by Crippen LogP contribution is -2.29. The molecule has 2 heterocycles. The summed E-state index contributed by atoms with van der Waals surface area (Å²) in [5.41, 5.74) is 1.62. The molecule has 0 saturated carbocycles. The molecule has 0 bridgehead atoms. The van der Waals surface area contributed by atoms with Crippen LogP contribution in [0.1, 0.15) is 29.7 Å². The van der Waals surface area contributed by atoms with Crippen LogP contribution in [0.15, 0.2) is 72.6 Å². The molecule has 4 rings (SSSR count). The quantitative estimate of drug-likeness (QED) is 0.299. The maximum atomic E-state index is 13.2. The van der Waals surface area contributed by atoms with E-state index in [0.717, 1.165) is 5.56 Å². The van der Waals surface area contributed by atoms with Crippen LogP contribution in [0.25, 0.3) is 5.76 Å². The van der Waals surface area contributed by atoms with E-state index in [-0.39, 0.29) is 28.5 Å². The molecule has 2 aromatic carbocycles. The molecule has 1 aromatic heterocycles. The predicted molar refractivity (Wildman–Crippen MR) is 128 cm³/mol. The number of ketones is 1. The number of amides is 1. The van der Waals surface area contributed by atoms with Crippen LogP contribution in [0.2, 0.25) is 5.02 Å². The van der Waals surface area contributed by atoms with Crippen molar-refractivity contribution in [3.8, 4) is 11.5 Å². The highest BCUT2D eigenvalue weighted by Gasteiger charge is 2.46. The summed E-state index contributed by atoms with van der Waals surface area (Å²) < 4.78 is 10.8. The molecular formula is C26H23ClN2O5. The minimum Gasteiger partial charge on any atom is -0.507 e. The fourth-order valence-electron chi connectivity index (χ4n) is 3.95. The summed E-state index contributed by atoms with van der Waals surface area (Å²) in [6, 6.07) is 14.5. The molecule has 1 unspecified atom stereocenters. The van der Waals surface area contributed by atoms with E-state index < -0.39 is 17.7 Å². The van der Waals surface area contributed by atoms with Gasteiger partial charge in [-0.25, -0.2) is 0 Å². The number of likely N-dealkylation sites (tertiary alicyclic amines) is 1. The molecule has 174 valence electrons.